The van der Waals surface area contributed by atoms with E-state index in [0.29, 0.717) is 13.1 Å². The number of rotatable bonds is 4. The molecule has 1 rings (SSSR count). The second-order valence-electron chi connectivity index (χ2n) is 3.18. The predicted molar refractivity (Wildman–Crippen MR) is 47.0 cm³/mol. The third-order valence-electron chi connectivity index (χ3n) is 1.73. The first-order valence-electron chi connectivity index (χ1n) is 3.96. The van der Waals surface area contributed by atoms with Crippen molar-refractivity contribution in [1.82, 2.24) is 10.4 Å². The summed E-state index contributed by atoms with van der Waals surface area (Å²) in [5, 5.41) is 9.79. The van der Waals surface area contributed by atoms with Gasteiger partial charge in [0.05, 0.1) is 12.9 Å². The van der Waals surface area contributed by atoms with Crippen molar-refractivity contribution in [2.45, 2.75) is 0 Å². The zero-order valence-corrected chi connectivity index (χ0v) is 8.45. The van der Waals surface area contributed by atoms with Crippen LogP contribution in [0.5, 0.6) is 0 Å². The molecule has 0 atom stereocenters. The normalized spacial score (nSPS) is 18.9. The molecule has 0 radical (unpaired) electrons. The molecule has 0 aliphatic carbocycles. The number of nitrogens with one attached hydrogen (secondary N) is 1. The first kappa shape index (κ1) is 11.2. The number of amides is 1. The number of hydrogen-bond acceptors (Lipinski definition) is 5. The first-order valence-corrected chi connectivity index (χ1v) is 5.77. The van der Waals surface area contributed by atoms with Crippen LogP contribution in [0.3, 0.4) is 0 Å². The van der Waals surface area contributed by atoms with Gasteiger partial charge in [-0.3, -0.25) is 9.61 Å². The van der Waals surface area contributed by atoms with Gasteiger partial charge in [-0.05, 0) is 0 Å². The van der Waals surface area contributed by atoms with E-state index in [0.717, 1.165) is 6.26 Å². The van der Waals surface area contributed by atoms with Crippen molar-refractivity contribution < 1.29 is 22.5 Å². The lowest BCUT2D eigenvalue weighted by Crippen LogP contribution is -2.56. The third kappa shape index (κ3) is 3.90. The summed E-state index contributed by atoms with van der Waals surface area (Å²) in [5.41, 5.74) is 2.15. The summed E-state index contributed by atoms with van der Waals surface area (Å²) in [4.78, 5) is 10.1. The Kier molecular flexibility index (Phi) is 3.29. The molecule has 14 heavy (non-hydrogen) atoms. The zero-order valence-electron chi connectivity index (χ0n) is 7.63. The average molecular weight is 224 g/mol. The number of nitrogens with zero attached hydrogens (tertiary/aromatic N) is 1. The van der Waals surface area contributed by atoms with Gasteiger partial charge in [0.2, 0.25) is 0 Å². The average Bonchev–Trinajstić information content (AvgIpc) is 1.90. The second-order valence-corrected chi connectivity index (χ2v) is 4.82. The standard InChI is InChI=1S/C6H12N2O5S/c1-14(11,12)13-4-5-2-8(3-5)7-6(9)10/h5,7H,2-4H2,1H3,(H,9,10). The maximum absolute atomic E-state index is 10.6. The van der Waals surface area contributed by atoms with E-state index in [9.17, 15) is 13.2 Å². The van der Waals surface area contributed by atoms with E-state index in [1.54, 1.807) is 0 Å². The maximum atomic E-state index is 10.6. The molecular formula is C6H12N2O5S. The molecule has 82 valence electrons. The van der Waals surface area contributed by atoms with Gasteiger partial charge in [-0.15, -0.1) is 0 Å². The van der Waals surface area contributed by atoms with Crippen molar-refractivity contribution in [2.75, 3.05) is 26.0 Å². The molecule has 0 saturated carbocycles. The molecule has 0 spiro atoms. The summed E-state index contributed by atoms with van der Waals surface area (Å²) >= 11 is 0. The molecule has 0 aromatic carbocycles. The summed E-state index contributed by atoms with van der Waals surface area (Å²) in [6.07, 6.45) is -0.133. The van der Waals surface area contributed by atoms with E-state index < -0.39 is 16.2 Å². The van der Waals surface area contributed by atoms with Crippen LogP contribution in [-0.2, 0) is 14.3 Å². The second kappa shape index (κ2) is 4.11. The summed E-state index contributed by atoms with van der Waals surface area (Å²) in [5.74, 6) is 0.0663. The van der Waals surface area contributed by atoms with Crippen molar-refractivity contribution in [3.05, 3.63) is 0 Å². The SMILES string of the molecule is CS(=O)(=O)OCC1CN(NC(=O)O)C1. The molecule has 0 unspecified atom stereocenters. The summed E-state index contributed by atoms with van der Waals surface area (Å²) in [7, 11) is -3.39. The van der Waals surface area contributed by atoms with Crippen LogP contribution in [0.1, 0.15) is 0 Å². The number of hydrogen-bond donors (Lipinski definition) is 2. The lowest BCUT2D eigenvalue weighted by Gasteiger charge is -2.37. The van der Waals surface area contributed by atoms with Gasteiger partial charge >= 0.3 is 6.09 Å². The van der Waals surface area contributed by atoms with Gasteiger partial charge in [0.1, 0.15) is 0 Å². The Hall–Kier alpha value is -0.860. The van der Waals surface area contributed by atoms with Crippen LogP contribution in [0.15, 0.2) is 0 Å². The number of carboxylic acid groups (broad SMARTS) is 1. The van der Waals surface area contributed by atoms with Gasteiger partial charge in [-0.2, -0.15) is 8.42 Å². The Morgan fingerprint density at radius 1 is 1.64 bits per heavy atom. The van der Waals surface area contributed by atoms with Crippen LogP contribution < -0.4 is 5.43 Å². The summed E-state index contributed by atoms with van der Waals surface area (Å²) < 4.78 is 25.7. The van der Waals surface area contributed by atoms with Crippen LogP contribution in [0, 0.1) is 5.92 Å². The van der Waals surface area contributed by atoms with Crippen molar-refractivity contribution >= 4 is 16.2 Å². The zero-order chi connectivity index (χ0) is 10.8. The van der Waals surface area contributed by atoms with E-state index in [1.165, 1.54) is 5.01 Å². The molecule has 0 aromatic rings. The monoisotopic (exact) mass is 224 g/mol. The quantitative estimate of drug-likeness (QED) is 0.599. The van der Waals surface area contributed by atoms with Crippen molar-refractivity contribution in [2.24, 2.45) is 5.92 Å². The minimum Gasteiger partial charge on any atom is -0.464 e. The highest BCUT2D eigenvalue weighted by Gasteiger charge is 2.28. The summed E-state index contributed by atoms with van der Waals surface area (Å²) in [6.45, 7) is 1.06. The predicted octanol–water partition coefficient (Wildman–Crippen LogP) is -0.923. The highest BCUT2D eigenvalue weighted by Crippen LogP contribution is 2.13. The topological polar surface area (TPSA) is 95.9 Å². The molecule has 7 nitrogen and oxygen atoms in total. The molecular weight excluding hydrogens is 212 g/mol. The third-order valence-corrected chi connectivity index (χ3v) is 2.29. The van der Waals surface area contributed by atoms with Crippen LogP contribution in [0.2, 0.25) is 0 Å². The number of hydrazine groups is 1. The van der Waals surface area contributed by atoms with Crippen molar-refractivity contribution in [1.29, 1.82) is 0 Å². The number of carbonyl (C=O) groups is 1. The molecule has 1 amide bonds. The van der Waals surface area contributed by atoms with Gasteiger partial charge in [0, 0.05) is 19.0 Å². The van der Waals surface area contributed by atoms with Crippen LogP contribution in [0.25, 0.3) is 0 Å². The molecule has 1 heterocycles. The Labute approximate surface area is 81.7 Å². The fourth-order valence-electron chi connectivity index (χ4n) is 1.12. The molecule has 0 aromatic heterocycles. The van der Waals surface area contributed by atoms with Crippen molar-refractivity contribution in [3.8, 4) is 0 Å². The summed E-state index contributed by atoms with van der Waals surface area (Å²) in [6, 6.07) is 0. The molecule has 2 N–H and O–H groups in total. The fraction of sp³-hybridized carbons (Fsp3) is 0.833. The van der Waals surface area contributed by atoms with Gasteiger partial charge in [0.25, 0.3) is 10.1 Å². The van der Waals surface area contributed by atoms with E-state index in [2.05, 4.69) is 9.61 Å². The van der Waals surface area contributed by atoms with E-state index in [4.69, 9.17) is 5.11 Å². The minimum atomic E-state index is -3.39. The van der Waals surface area contributed by atoms with Gasteiger partial charge in [-0.1, -0.05) is 0 Å². The van der Waals surface area contributed by atoms with Crippen LogP contribution in [-0.4, -0.2) is 50.6 Å². The molecule has 1 fully saturated rings. The Morgan fingerprint density at radius 2 is 2.21 bits per heavy atom. The highest BCUT2D eigenvalue weighted by atomic mass is 32.2. The van der Waals surface area contributed by atoms with Crippen molar-refractivity contribution in [3.63, 3.8) is 0 Å². The molecule has 1 saturated heterocycles. The minimum absolute atomic E-state index is 0.0663. The molecule has 8 heteroatoms. The maximum Gasteiger partial charge on any atom is 0.419 e. The lowest BCUT2D eigenvalue weighted by molar-refractivity contribution is 0.0226. The van der Waals surface area contributed by atoms with Crippen LogP contribution in [0.4, 0.5) is 4.79 Å². The van der Waals surface area contributed by atoms with E-state index in [-0.39, 0.29) is 12.5 Å². The van der Waals surface area contributed by atoms with E-state index in [1.807, 2.05) is 0 Å². The lowest BCUT2D eigenvalue weighted by atomic mass is 10.0. The smallest absolute Gasteiger partial charge is 0.419 e. The molecule has 1 aliphatic heterocycles. The largest absolute Gasteiger partial charge is 0.464 e. The van der Waals surface area contributed by atoms with Gasteiger partial charge in [-0.25, -0.2) is 9.80 Å². The highest BCUT2D eigenvalue weighted by molar-refractivity contribution is 7.85. The Bertz CT molecular complexity index is 308. The van der Waals surface area contributed by atoms with Gasteiger partial charge in [0.15, 0.2) is 0 Å². The Morgan fingerprint density at radius 3 is 2.64 bits per heavy atom. The first-order chi connectivity index (χ1) is 6.37. The fourth-order valence-corrected chi connectivity index (χ4v) is 1.56. The van der Waals surface area contributed by atoms with Gasteiger partial charge < -0.3 is 5.11 Å². The van der Waals surface area contributed by atoms with E-state index >= 15 is 0 Å². The molecule has 0 bridgehead atoms. The Balaban J connectivity index is 2.13. The molecule has 1 aliphatic rings. The van der Waals surface area contributed by atoms with Crippen LogP contribution >= 0.6 is 0 Å².